The lowest BCUT2D eigenvalue weighted by molar-refractivity contribution is -0.384. The number of para-hydroxylation sites is 1. The van der Waals surface area contributed by atoms with Crippen LogP contribution >= 0.6 is 15.9 Å². The summed E-state index contributed by atoms with van der Waals surface area (Å²) in [6.45, 7) is 5.88. The number of sulfonamides is 1. The molecule has 7 nitrogen and oxygen atoms in total. The lowest BCUT2D eigenvalue weighted by atomic mass is 10.2. The molecule has 27 heavy (non-hydrogen) atoms. The first kappa shape index (κ1) is 21.3. The molecule has 3 rings (SSSR count). The smallest absolute Gasteiger partial charge is 0.269 e. The van der Waals surface area contributed by atoms with Gasteiger partial charge in [0, 0.05) is 42.8 Å². The summed E-state index contributed by atoms with van der Waals surface area (Å²) in [6, 6.07) is 12.8. The van der Waals surface area contributed by atoms with Gasteiger partial charge < -0.3 is 4.90 Å². The third-order valence-corrected chi connectivity index (χ3v) is 6.70. The number of rotatable bonds is 4. The van der Waals surface area contributed by atoms with Crippen molar-refractivity contribution in [2.75, 3.05) is 31.1 Å². The van der Waals surface area contributed by atoms with Crippen molar-refractivity contribution in [2.45, 2.75) is 18.7 Å². The summed E-state index contributed by atoms with van der Waals surface area (Å²) in [5.41, 5.74) is 0.910. The molecule has 1 heterocycles. The predicted molar refractivity (Wildman–Crippen MR) is 110 cm³/mol. The number of non-ortho nitro benzene ring substituents is 1. The number of nitrogens with zero attached hydrogens (tertiary/aromatic N) is 3. The predicted octanol–water partition coefficient (Wildman–Crippen LogP) is 3.89. The van der Waals surface area contributed by atoms with Gasteiger partial charge in [0.2, 0.25) is 10.0 Å². The molecule has 0 bridgehead atoms. The van der Waals surface area contributed by atoms with Crippen molar-refractivity contribution in [1.82, 2.24) is 4.31 Å². The molecule has 2 aromatic rings. The van der Waals surface area contributed by atoms with E-state index in [9.17, 15) is 18.5 Å². The molecule has 0 saturated carbocycles. The zero-order valence-electron chi connectivity index (χ0n) is 15.2. The van der Waals surface area contributed by atoms with Gasteiger partial charge in [-0.2, -0.15) is 4.31 Å². The van der Waals surface area contributed by atoms with Gasteiger partial charge in [-0.05, 0) is 40.2 Å². The third-order valence-electron chi connectivity index (χ3n) is 4.12. The molecule has 0 amide bonds. The second-order valence-electron chi connectivity index (χ2n) is 5.59. The number of halogens is 1. The highest BCUT2D eigenvalue weighted by molar-refractivity contribution is 9.10. The van der Waals surface area contributed by atoms with E-state index in [2.05, 4.69) is 20.8 Å². The molecule has 1 aliphatic rings. The molecular formula is C18H22BrN3O4S. The maximum Gasteiger partial charge on any atom is 0.269 e. The number of hydrogen-bond acceptors (Lipinski definition) is 5. The SMILES string of the molecule is CC.O=[N+]([O-])c1ccc(S(=O)(=O)N2CCN(c3ccccc3Br)CC2)cc1. The molecule has 0 atom stereocenters. The van der Waals surface area contributed by atoms with Gasteiger partial charge in [-0.1, -0.05) is 26.0 Å². The molecule has 0 N–H and O–H groups in total. The Balaban J connectivity index is 0.00000126. The highest BCUT2D eigenvalue weighted by Crippen LogP contribution is 2.28. The zero-order valence-corrected chi connectivity index (χ0v) is 17.6. The second-order valence-corrected chi connectivity index (χ2v) is 8.39. The summed E-state index contributed by atoms with van der Waals surface area (Å²) in [7, 11) is -3.65. The molecular weight excluding hydrogens is 434 g/mol. The quantitative estimate of drug-likeness (QED) is 0.515. The zero-order chi connectivity index (χ0) is 20.0. The highest BCUT2D eigenvalue weighted by Gasteiger charge is 2.29. The van der Waals surface area contributed by atoms with Gasteiger partial charge in [-0.3, -0.25) is 10.1 Å². The molecule has 1 fully saturated rings. The Morgan fingerprint density at radius 2 is 1.52 bits per heavy atom. The average molecular weight is 456 g/mol. The minimum Gasteiger partial charge on any atom is -0.368 e. The van der Waals surface area contributed by atoms with Gasteiger partial charge >= 0.3 is 0 Å². The number of benzene rings is 2. The molecule has 0 unspecified atom stereocenters. The van der Waals surface area contributed by atoms with E-state index >= 15 is 0 Å². The standard InChI is InChI=1S/C16H16BrN3O4S.C2H6/c17-15-3-1-2-4-16(15)18-9-11-19(12-10-18)25(23,24)14-7-5-13(6-8-14)20(21)22;1-2/h1-8H,9-12H2;1-2H3. The fourth-order valence-corrected chi connectivity index (χ4v) is 4.72. The van der Waals surface area contributed by atoms with E-state index in [4.69, 9.17) is 0 Å². The van der Waals surface area contributed by atoms with Crippen LogP contribution in [0, 0.1) is 10.1 Å². The van der Waals surface area contributed by atoms with Gasteiger partial charge in [0.15, 0.2) is 0 Å². The van der Waals surface area contributed by atoms with Crippen molar-refractivity contribution in [3.63, 3.8) is 0 Å². The lowest BCUT2D eigenvalue weighted by Gasteiger charge is -2.35. The number of nitro benzene ring substituents is 1. The summed E-state index contributed by atoms with van der Waals surface area (Å²) >= 11 is 3.51. The first-order chi connectivity index (χ1) is 12.9. The van der Waals surface area contributed by atoms with E-state index in [-0.39, 0.29) is 10.6 Å². The van der Waals surface area contributed by atoms with Crippen LogP contribution in [0.25, 0.3) is 0 Å². The largest absolute Gasteiger partial charge is 0.368 e. The fourth-order valence-electron chi connectivity index (χ4n) is 2.77. The molecule has 0 aliphatic carbocycles. The molecule has 2 aromatic carbocycles. The Hall–Kier alpha value is -1.97. The van der Waals surface area contributed by atoms with E-state index in [1.807, 2.05) is 38.1 Å². The van der Waals surface area contributed by atoms with Crippen molar-refractivity contribution in [3.8, 4) is 0 Å². The molecule has 0 spiro atoms. The van der Waals surface area contributed by atoms with Gasteiger partial charge in [0.05, 0.1) is 15.5 Å². The number of anilines is 1. The lowest BCUT2D eigenvalue weighted by Crippen LogP contribution is -2.48. The summed E-state index contributed by atoms with van der Waals surface area (Å²) < 4.78 is 27.8. The highest BCUT2D eigenvalue weighted by atomic mass is 79.9. The first-order valence-electron chi connectivity index (χ1n) is 8.64. The van der Waals surface area contributed by atoms with Crippen molar-refractivity contribution < 1.29 is 13.3 Å². The van der Waals surface area contributed by atoms with E-state index in [0.717, 1.165) is 10.2 Å². The molecule has 1 saturated heterocycles. The van der Waals surface area contributed by atoms with Crippen LogP contribution in [-0.4, -0.2) is 43.8 Å². The monoisotopic (exact) mass is 455 g/mol. The molecule has 146 valence electrons. The Morgan fingerprint density at radius 3 is 2.04 bits per heavy atom. The number of piperazine rings is 1. The maximum absolute atomic E-state index is 12.7. The van der Waals surface area contributed by atoms with Gasteiger partial charge in [0.1, 0.15) is 0 Å². The van der Waals surface area contributed by atoms with Crippen LogP contribution in [0.5, 0.6) is 0 Å². The van der Waals surface area contributed by atoms with Crippen molar-refractivity contribution in [1.29, 1.82) is 0 Å². The van der Waals surface area contributed by atoms with Crippen LogP contribution in [0.1, 0.15) is 13.8 Å². The topological polar surface area (TPSA) is 83.8 Å². The Labute approximate surface area is 167 Å². The van der Waals surface area contributed by atoms with Crippen LogP contribution in [0.2, 0.25) is 0 Å². The maximum atomic E-state index is 12.7. The number of nitro groups is 1. The van der Waals surface area contributed by atoms with E-state index in [0.29, 0.717) is 26.2 Å². The molecule has 0 radical (unpaired) electrons. The second kappa shape index (κ2) is 9.29. The fraction of sp³-hybridized carbons (Fsp3) is 0.333. The molecule has 9 heteroatoms. The summed E-state index contributed by atoms with van der Waals surface area (Å²) in [5, 5.41) is 10.7. The van der Waals surface area contributed by atoms with Crippen LogP contribution in [0.4, 0.5) is 11.4 Å². The summed E-state index contributed by atoms with van der Waals surface area (Å²) in [5.74, 6) is 0. The number of hydrogen-bond donors (Lipinski definition) is 0. The summed E-state index contributed by atoms with van der Waals surface area (Å²) in [4.78, 5) is 12.4. The minimum atomic E-state index is -3.65. The van der Waals surface area contributed by atoms with Crippen LogP contribution in [0.3, 0.4) is 0 Å². The van der Waals surface area contributed by atoms with E-state index in [1.165, 1.54) is 28.6 Å². The average Bonchev–Trinajstić information content (AvgIpc) is 2.70. The molecule has 0 aromatic heterocycles. The Kier molecular flexibility index (Phi) is 7.34. The van der Waals surface area contributed by atoms with E-state index in [1.54, 1.807) is 0 Å². The van der Waals surface area contributed by atoms with Crippen LogP contribution in [0.15, 0.2) is 57.9 Å². The van der Waals surface area contributed by atoms with Crippen LogP contribution in [-0.2, 0) is 10.0 Å². The normalized spacial score (nSPS) is 15.0. The van der Waals surface area contributed by atoms with Crippen molar-refractivity contribution >= 4 is 37.3 Å². The molecule has 1 aliphatic heterocycles. The van der Waals surface area contributed by atoms with Gasteiger partial charge in [0.25, 0.3) is 5.69 Å². The van der Waals surface area contributed by atoms with Gasteiger partial charge in [-0.25, -0.2) is 8.42 Å². The first-order valence-corrected chi connectivity index (χ1v) is 10.9. The van der Waals surface area contributed by atoms with Gasteiger partial charge in [-0.15, -0.1) is 0 Å². The Morgan fingerprint density at radius 1 is 0.963 bits per heavy atom. The minimum absolute atomic E-state index is 0.0763. The van der Waals surface area contributed by atoms with E-state index < -0.39 is 14.9 Å². The van der Waals surface area contributed by atoms with Crippen molar-refractivity contribution in [2.24, 2.45) is 0 Å². The Bertz CT molecular complexity index is 880. The third kappa shape index (κ3) is 4.85. The van der Waals surface area contributed by atoms with Crippen molar-refractivity contribution in [3.05, 3.63) is 63.1 Å². The van der Waals surface area contributed by atoms with Crippen LogP contribution < -0.4 is 4.90 Å². The summed E-state index contributed by atoms with van der Waals surface area (Å²) in [6.07, 6.45) is 0.